The number of sulfonamides is 1. The molecule has 0 saturated carbocycles. The van der Waals surface area contributed by atoms with Gasteiger partial charge in [-0.1, -0.05) is 17.7 Å². The van der Waals surface area contributed by atoms with Gasteiger partial charge in [-0.2, -0.15) is 0 Å². The van der Waals surface area contributed by atoms with Crippen molar-refractivity contribution in [3.8, 4) is 0 Å². The summed E-state index contributed by atoms with van der Waals surface area (Å²) in [4.78, 5) is 10.4. The van der Waals surface area contributed by atoms with Crippen LogP contribution in [0, 0.1) is 20.8 Å². The molecule has 0 saturated heterocycles. The highest BCUT2D eigenvalue weighted by molar-refractivity contribution is 7.89. The van der Waals surface area contributed by atoms with Gasteiger partial charge in [-0.05, 0) is 39.8 Å². The van der Waals surface area contributed by atoms with Crippen LogP contribution in [0.2, 0.25) is 0 Å². The van der Waals surface area contributed by atoms with E-state index in [-0.39, 0.29) is 11.4 Å². The van der Waals surface area contributed by atoms with E-state index in [1.807, 2.05) is 27.7 Å². The van der Waals surface area contributed by atoms with Gasteiger partial charge in [0.2, 0.25) is 10.0 Å². The second kappa shape index (κ2) is 9.82. The van der Waals surface area contributed by atoms with Crippen molar-refractivity contribution in [1.82, 2.24) is 20.3 Å². The summed E-state index contributed by atoms with van der Waals surface area (Å²) in [5.74, 6) is 0.637. The second-order valence-electron chi connectivity index (χ2n) is 6.08. The normalized spacial score (nSPS) is 12.2. The first-order valence-corrected chi connectivity index (χ1v) is 11.1. The molecule has 0 aliphatic heterocycles. The molecule has 0 atom stereocenters. The minimum atomic E-state index is -3.50. The fraction of sp³-hybridized carbons (Fsp3) is 0.444. The fourth-order valence-corrected chi connectivity index (χ4v) is 4.15. The Labute approximate surface area is 165 Å². The Balaban J connectivity index is 1.86. The Hall–Kier alpha value is -1.97. The largest absolute Gasteiger partial charge is 0.357 e. The van der Waals surface area contributed by atoms with Crippen LogP contribution < -0.4 is 15.4 Å². The first-order valence-electron chi connectivity index (χ1n) is 8.83. The van der Waals surface area contributed by atoms with Crippen molar-refractivity contribution in [1.29, 1.82) is 0 Å². The number of aliphatic imine (C=N–C) groups is 1. The number of guanidine groups is 1. The Bertz CT molecular complexity index is 854. The van der Waals surface area contributed by atoms with E-state index in [1.165, 1.54) is 4.88 Å². The third-order valence-electron chi connectivity index (χ3n) is 3.83. The molecule has 1 aromatic heterocycles. The van der Waals surface area contributed by atoms with Crippen LogP contribution in [-0.2, 0) is 16.6 Å². The van der Waals surface area contributed by atoms with E-state index in [2.05, 4.69) is 25.3 Å². The third kappa shape index (κ3) is 6.60. The van der Waals surface area contributed by atoms with Crippen molar-refractivity contribution >= 4 is 27.3 Å². The molecule has 148 valence electrons. The summed E-state index contributed by atoms with van der Waals surface area (Å²) in [6, 6.07) is 6.78. The zero-order chi connectivity index (χ0) is 19.9. The Morgan fingerprint density at radius 1 is 1.11 bits per heavy atom. The minimum Gasteiger partial charge on any atom is -0.357 e. The van der Waals surface area contributed by atoms with E-state index in [0.717, 1.165) is 22.8 Å². The van der Waals surface area contributed by atoms with E-state index in [4.69, 9.17) is 0 Å². The zero-order valence-electron chi connectivity index (χ0n) is 16.2. The van der Waals surface area contributed by atoms with Crippen molar-refractivity contribution in [2.24, 2.45) is 4.99 Å². The Kier molecular flexibility index (Phi) is 7.76. The molecule has 0 aliphatic carbocycles. The Morgan fingerprint density at radius 2 is 1.81 bits per heavy atom. The maximum Gasteiger partial charge on any atom is 0.240 e. The maximum absolute atomic E-state index is 12.3. The molecule has 9 heteroatoms. The molecule has 0 fully saturated rings. The van der Waals surface area contributed by atoms with E-state index in [9.17, 15) is 8.42 Å². The van der Waals surface area contributed by atoms with Crippen molar-refractivity contribution < 1.29 is 8.42 Å². The molecule has 27 heavy (non-hydrogen) atoms. The highest BCUT2D eigenvalue weighted by Gasteiger charge is 2.12. The first-order chi connectivity index (χ1) is 12.8. The van der Waals surface area contributed by atoms with Gasteiger partial charge in [0.1, 0.15) is 5.01 Å². The molecule has 0 unspecified atom stereocenters. The molecule has 1 heterocycles. The van der Waals surface area contributed by atoms with Crippen LogP contribution in [0.4, 0.5) is 0 Å². The summed E-state index contributed by atoms with van der Waals surface area (Å²) < 4.78 is 27.1. The predicted octanol–water partition coefficient (Wildman–Crippen LogP) is 2.10. The number of rotatable bonds is 8. The van der Waals surface area contributed by atoms with Gasteiger partial charge in [0.05, 0.1) is 17.1 Å². The van der Waals surface area contributed by atoms with Crippen LogP contribution in [0.25, 0.3) is 0 Å². The maximum atomic E-state index is 12.3. The van der Waals surface area contributed by atoms with Crippen molar-refractivity contribution in [2.75, 3.05) is 19.6 Å². The van der Waals surface area contributed by atoms with Crippen LogP contribution >= 0.6 is 11.3 Å². The number of hydrogen-bond acceptors (Lipinski definition) is 5. The van der Waals surface area contributed by atoms with Gasteiger partial charge in [0.25, 0.3) is 0 Å². The van der Waals surface area contributed by atoms with Crippen LogP contribution in [0.3, 0.4) is 0 Å². The average Bonchev–Trinajstić information content (AvgIpc) is 2.94. The summed E-state index contributed by atoms with van der Waals surface area (Å²) in [5.41, 5.74) is 2.06. The van der Waals surface area contributed by atoms with Crippen molar-refractivity contribution in [2.45, 2.75) is 39.1 Å². The van der Waals surface area contributed by atoms with E-state index >= 15 is 0 Å². The van der Waals surface area contributed by atoms with E-state index < -0.39 is 10.0 Å². The van der Waals surface area contributed by atoms with E-state index in [1.54, 1.807) is 35.6 Å². The molecule has 0 bridgehead atoms. The molecule has 2 rings (SSSR count). The lowest BCUT2D eigenvalue weighted by Gasteiger charge is -2.12. The van der Waals surface area contributed by atoms with Crippen molar-refractivity contribution in [3.63, 3.8) is 0 Å². The number of benzene rings is 1. The molecular weight excluding hydrogens is 382 g/mol. The van der Waals surface area contributed by atoms with Gasteiger partial charge >= 0.3 is 0 Å². The highest BCUT2D eigenvalue weighted by Crippen LogP contribution is 2.16. The van der Waals surface area contributed by atoms with Gasteiger partial charge < -0.3 is 10.6 Å². The minimum absolute atomic E-state index is 0.260. The average molecular weight is 410 g/mol. The van der Waals surface area contributed by atoms with Gasteiger partial charge in [-0.15, -0.1) is 11.3 Å². The molecule has 0 spiro atoms. The van der Waals surface area contributed by atoms with Gasteiger partial charge in [0, 0.05) is 24.5 Å². The van der Waals surface area contributed by atoms with E-state index in [0.29, 0.717) is 19.0 Å². The lowest BCUT2D eigenvalue weighted by atomic mass is 10.2. The fourth-order valence-electron chi connectivity index (χ4n) is 2.26. The van der Waals surface area contributed by atoms with Gasteiger partial charge in [-0.3, -0.25) is 0 Å². The number of aryl methyl sites for hydroxylation is 3. The Morgan fingerprint density at radius 3 is 2.41 bits per heavy atom. The van der Waals surface area contributed by atoms with Gasteiger partial charge in [-0.25, -0.2) is 23.1 Å². The molecule has 1 aromatic carbocycles. The van der Waals surface area contributed by atoms with Crippen LogP contribution in [-0.4, -0.2) is 39.0 Å². The third-order valence-corrected chi connectivity index (χ3v) is 6.36. The lowest BCUT2D eigenvalue weighted by molar-refractivity contribution is 0.580. The summed E-state index contributed by atoms with van der Waals surface area (Å²) in [7, 11) is -3.50. The first kappa shape index (κ1) is 21.3. The quantitative estimate of drug-likeness (QED) is 0.353. The number of hydrogen-bond donors (Lipinski definition) is 3. The van der Waals surface area contributed by atoms with Crippen LogP contribution in [0.1, 0.15) is 28.1 Å². The molecule has 0 radical (unpaired) electrons. The summed E-state index contributed by atoms with van der Waals surface area (Å²) >= 11 is 1.64. The number of aromatic nitrogens is 1. The standard InChI is InChI=1S/C18H27N5O2S2/c1-5-19-18(21-12-17-23-14(3)15(4)26-17)20-10-11-22-27(24,25)16-8-6-13(2)7-9-16/h6-9,22H,5,10-12H2,1-4H3,(H2,19,20,21). The SMILES string of the molecule is CCNC(=NCc1nc(C)c(C)s1)NCCNS(=O)(=O)c1ccc(C)cc1. The number of nitrogens with zero attached hydrogens (tertiary/aromatic N) is 2. The molecule has 0 amide bonds. The number of nitrogens with one attached hydrogen (secondary N) is 3. The van der Waals surface area contributed by atoms with Crippen LogP contribution in [0.15, 0.2) is 34.2 Å². The topological polar surface area (TPSA) is 95.5 Å². The monoisotopic (exact) mass is 409 g/mol. The lowest BCUT2D eigenvalue weighted by Crippen LogP contribution is -2.41. The molecule has 0 aliphatic rings. The predicted molar refractivity (Wildman–Crippen MR) is 111 cm³/mol. The second-order valence-corrected chi connectivity index (χ2v) is 9.14. The highest BCUT2D eigenvalue weighted by atomic mass is 32.2. The summed E-state index contributed by atoms with van der Waals surface area (Å²) in [6.45, 7) is 9.83. The molecule has 7 nitrogen and oxygen atoms in total. The summed E-state index contributed by atoms with van der Waals surface area (Å²) in [5, 5.41) is 7.24. The van der Waals surface area contributed by atoms with Gasteiger partial charge in [0.15, 0.2) is 5.96 Å². The molecule has 3 N–H and O–H groups in total. The van der Waals surface area contributed by atoms with Crippen LogP contribution in [0.5, 0.6) is 0 Å². The number of thiazole rings is 1. The summed E-state index contributed by atoms with van der Waals surface area (Å²) in [6.07, 6.45) is 0. The molecule has 2 aromatic rings. The zero-order valence-corrected chi connectivity index (χ0v) is 17.8. The molecular formula is C18H27N5O2S2. The smallest absolute Gasteiger partial charge is 0.240 e. The van der Waals surface area contributed by atoms with Crippen molar-refractivity contribution in [3.05, 3.63) is 45.4 Å².